The van der Waals surface area contributed by atoms with Crippen LogP contribution in [0.25, 0.3) is 0 Å². The van der Waals surface area contributed by atoms with Gasteiger partial charge in [0, 0.05) is 19.3 Å². The zero-order chi connectivity index (χ0) is 48.6. The maximum atomic E-state index is 12.8. The van der Waals surface area contributed by atoms with Crippen molar-refractivity contribution in [1.29, 1.82) is 0 Å². The van der Waals surface area contributed by atoms with E-state index in [1.165, 1.54) is 64.2 Å². The van der Waals surface area contributed by atoms with E-state index in [9.17, 15) is 14.4 Å². The number of unbranched alkanes of at least 4 members (excludes halogenated alkanes) is 16. The van der Waals surface area contributed by atoms with Crippen LogP contribution in [0.4, 0.5) is 0 Å². The summed E-state index contributed by atoms with van der Waals surface area (Å²) in [7, 11) is 0. The maximum absolute atomic E-state index is 12.8. The number of rotatable bonds is 47. The summed E-state index contributed by atoms with van der Waals surface area (Å²) in [5.74, 6) is -1.04. The highest BCUT2D eigenvalue weighted by molar-refractivity contribution is 5.71. The quantitative estimate of drug-likeness (QED) is 0.0262. The minimum Gasteiger partial charge on any atom is -0.462 e. The number of hydrogen-bond donors (Lipinski definition) is 0. The molecule has 6 nitrogen and oxygen atoms in total. The van der Waals surface area contributed by atoms with Gasteiger partial charge in [-0.15, -0.1) is 0 Å². The average molecular weight is 927 g/mol. The highest BCUT2D eigenvalue weighted by atomic mass is 16.6. The molecule has 0 aromatic heterocycles. The van der Waals surface area contributed by atoms with E-state index in [0.717, 1.165) is 116 Å². The fraction of sp³-hybridized carbons (Fsp3) is 0.623. The van der Waals surface area contributed by atoms with Gasteiger partial charge in [-0.3, -0.25) is 14.4 Å². The van der Waals surface area contributed by atoms with Crippen molar-refractivity contribution in [2.75, 3.05) is 13.2 Å². The first-order chi connectivity index (χ1) is 33.0. The summed E-state index contributed by atoms with van der Waals surface area (Å²) in [4.78, 5) is 38.0. The molecule has 0 fully saturated rings. The van der Waals surface area contributed by atoms with E-state index >= 15 is 0 Å². The van der Waals surface area contributed by atoms with Crippen LogP contribution in [0.5, 0.6) is 0 Å². The molecule has 0 spiro atoms. The van der Waals surface area contributed by atoms with Gasteiger partial charge >= 0.3 is 17.9 Å². The lowest BCUT2D eigenvalue weighted by atomic mass is 10.1. The van der Waals surface area contributed by atoms with Gasteiger partial charge in [0.2, 0.25) is 0 Å². The molecule has 0 bridgehead atoms. The molecule has 0 rings (SSSR count). The van der Waals surface area contributed by atoms with Crippen LogP contribution in [0.3, 0.4) is 0 Å². The van der Waals surface area contributed by atoms with Crippen LogP contribution in [-0.4, -0.2) is 37.2 Å². The van der Waals surface area contributed by atoms with E-state index < -0.39 is 6.10 Å². The summed E-state index contributed by atoms with van der Waals surface area (Å²) in [6.07, 6.45) is 74.8. The number of allylic oxidation sites excluding steroid dienone is 20. The minimum absolute atomic E-state index is 0.118. The predicted molar refractivity (Wildman–Crippen MR) is 288 cm³/mol. The van der Waals surface area contributed by atoms with Gasteiger partial charge in [0.05, 0.1) is 0 Å². The fourth-order valence-corrected chi connectivity index (χ4v) is 6.88. The van der Waals surface area contributed by atoms with Crippen LogP contribution < -0.4 is 0 Å². The van der Waals surface area contributed by atoms with Crippen LogP contribution >= 0.6 is 0 Å². The van der Waals surface area contributed by atoms with Crippen molar-refractivity contribution in [3.63, 3.8) is 0 Å². The topological polar surface area (TPSA) is 78.9 Å². The van der Waals surface area contributed by atoms with Gasteiger partial charge in [0.1, 0.15) is 13.2 Å². The van der Waals surface area contributed by atoms with Crippen molar-refractivity contribution < 1.29 is 28.6 Å². The molecule has 67 heavy (non-hydrogen) atoms. The standard InChI is InChI=1S/C61H98O6/c1-4-7-10-13-16-19-22-25-27-29-30-32-33-36-39-42-45-48-51-54-60(63)66-57-58(56-65-59(62)53-50-47-44-41-38-35-24-21-18-15-12-9-6-3)67-61(64)55-52-49-46-43-40-37-34-31-28-26-23-20-17-14-11-8-5-2/h7,10,16-17,19-21,24-28,30,32,34,36-37,39,45,48,58H,4-6,8-9,11-15,18,22-23,29,31,33,35,38,40-44,46-47,49-57H2,1-3H3/b10-7+,19-16+,20-17+,24-21+,27-25+,28-26+,32-30+,37-34+,39-36+,48-45+/t58-/m1/s1. The molecule has 0 aromatic carbocycles. The Morgan fingerprint density at radius 2 is 0.612 bits per heavy atom. The highest BCUT2D eigenvalue weighted by Crippen LogP contribution is 2.12. The van der Waals surface area contributed by atoms with Gasteiger partial charge in [-0.25, -0.2) is 0 Å². The van der Waals surface area contributed by atoms with Crippen LogP contribution in [0.2, 0.25) is 0 Å². The van der Waals surface area contributed by atoms with Gasteiger partial charge in [-0.05, 0) is 122 Å². The van der Waals surface area contributed by atoms with E-state index in [0.29, 0.717) is 12.8 Å². The average Bonchev–Trinajstić information content (AvgIpc) is 3.33. The zero-order valence-electron chi connectivity index (χ0n) is 43.1. The molecule has 0 aromatic rings. The van der Waals surface area contributed by atoms with Crippen molar-refractivity contribution in [2.45, 2.75) is 232 Å². The first kappa shape index (κ1) is 62.8. The SMILES string of the molecule is CC/C=C/C/C=C/C/C=C/C/C=C/C/C=C/C/C=C/CCC(=O)OC[C@@H](COC(=O)CCCCCCC/C=C/CCCCCC)OC(=O)CCCCCC/C=C/C/C=C/C/C=C/CCCCC. The molecule has 0 aliphatic rings. The smallest absolute Gasteiger partial charge is 0.306 e. The molecule has 0 aliphatic heterocycles. The lowest BCUT2D eigenvalue weighted by molar-refractivity contribution is -0.166. The second kappa shape index (κ2) is 54.4. The molecule has 0 aliphatic carbocycles. The molecular weight excluding hydrogens is 829 g/mol. The molecule has 0 amide bonds. The fourth-order valence-electron chi connectivity index (χ4n) is 6.88. The third-order valence-electron chi connectivity index (χ3n) is 10.9. The lowest BCUT2D eigenvalue weighted by Gasteiger charge is -2.18. The third-order valence-corrected chi connectivity index (χ3v) is 10.9. The molecule has 0 saturated heterocycles. The Morgan fingerprint density at radius 3 is 1.04 bits per heavy atom. The Balaban J connectivity index is 4.57. The largest absolute Gasteiger partial charge is 0.462 e. The van der Waals surface area contributed by atoms with Gasteiger partial charge in [0.25, 0.3) is 0 Å². The highest BCUT2D eigenvalue weighted by Gasteiger charge is 2.19. The molecule has 0 N–H and O–H groups in total. The van der Waals surface area contributed by atoms with Crippen LogP contribution in [0.1, 0.15) is 226 Å². The van der Waals surface area contributed by atoms with Crippen molar-refractivity contribution in [1.82, 2.24) is 0 Å². The van der Waals surface area contributed by atoms with Crippen molar-refractivity contribution in [2.24, 2.45) is 0 Å². The summed E-state index contributed by atoms with van der Waals surface area (Å²) in [6, 6.07) is 0. The molecule has 6 heteroatoms. The Kier molecular flexibility index (Phi) is 51.0. The summed E-state index contributed by atoms with van der Waals surface area (Å²) >= 11 is 0. The Labute approximate surface area is 412 Å². The molecule has 0 saturated carbocycles. The number of ether oxygens (including phenoxy) is 3. The molecule has 378 valence electrons. The van der Waals surface area contributed by atoms with E-state index in [1.807, 2.05) is 12.2 Å². The van der Waals surface area contributed by atoms with Crippen LogP contribution in [0.15, 0.2) is 122 Å². The van der Waals surface area contributed by atoms with Gasteiger partial charge in [-0.2, -0.15) is 0 Å². The molecule has 0 heterocycles. The van der Waals surface area contributed by atoms with E-state index in [-0.39, 0.29) is 44.0 Å². The van der Waals surface area contributed by atoms with Crippen LogP contribution in [-0.2, 0) is 28.6 Å². The molecule has 0 radical (unpaired) electrons. The summed E-state index contributed by atoms with van der Waals surface area (Å²) in [5.41, 5.74) is 0. The van der Waals surface area contributed by atoms with Crippen molar-refractivity contribution in [3.8, 4) is 0 Å². The molecule has 0 unspecified atom stereocenters. The van der Waals surface area contributed by atoms with Gasteiger partial charge in [-0.1, -0.05) is 206 Å². The Bertz CT molecular complexity index is 1440. The van der Waals surface area contributed by atoms with Crippen molar-refractivity contribution >= 4 is 17.9 Å². The van der Waals surface area contributed by atoms with E-state index in [4.69, 9.17) is 14.2 Å². The summed E-state index contributed by atoms with van der Waals surface area (Å²) in [5, 5.41) is 0. The normalized spacial score (nSPS) is 13.1. The van der Waals surface area contributed by atoms with Crippen LogP contribution in [0, 0.1) is 0 Å². The molecular formula is C61H98O6. The zero-order valence-corrected chi connectivity index (χ0v) is 43.1. The second-order valence-corrected chi connectivity index (χ2v) is 17.4. The van der Waals surface area contributed by atoms with E-state index in [2.05, 4.69) is 130 Å². The number of carbonyl (C=O) groups excluding carboxylic acids is 3. The Hall–Kier alpha value is -4.19. The second-order valence-electron chi connectivity index (χ2n) is 17.4. The van der Waals surface area contributed by atoms with Gasteiger partial charge in [0.15, 0.2) is 6.10 Å². The number of esters is 3. The maximum Gasteiger partial charge on any atom is 0.306 e. The summed E-state index contributed by atoms with van der Waals surface area (Å²) in [6.45, 7) is 6.38. The minimum atomic E-state index is -0.827. The monoisotopic (exact) mass is 927 g/mol. The first-order valence-corrected chi connectivity index (χ1v) is 27.0. The molecule has 1 atom stereocenters. The van der Waals surface area contributed by atoms with E-state index in [1.54, 1.807) is 0 Å². The summed E-state index contributed by atoms with van der Waals surface area (Å²) < 4.78 is 16.7. The van der Waals surface area contributed by atoms with Gasteiger partial charge < -0.3 is 14.2 Å². The lowest BCUT2D eigenvalue weighted by Crippen LogP contribution is -2.30. The van der Waals surface area contributed by atoms with Crippen molar-refractivity contribution in [3.05, 3.63) is 122 Å². The number of carbonyl (C=O) groups is 3. The Morgan fingerprint density at radius 1 is 0.313 bits per heavy atom. The third kappa shape index (κ3) is 52.6. The first-order valence-electron chi connectivity index (χ1n) is 27.0. The number of hydrogen-bond acceptors (Lipinski definition) is 6. The predicted octanol–water partition coefficient (Wildman–Crippen LogP) is 18.1.